The molecule has 6 aromatic heterocycles. The van der Waals surface area contributed by atoms with Crippen LogP contribution in [0.5, 0.6) is 0 Å². The zero-order valence-corrected chi connectivity index (χ0v) is 91.3. The molecule has 8 heteroatoms. The Bertz CT molecular complexity index is 4370. The van der Waals surface area contributed by atoms with Crippen LogP contribution >= 0.6 is 68.0 Å². The van der Waals surface area contributed by atoms with E-state index in [0.717, 1.165) is 61.1 Å². The van der Waals surface area contributed by atoms with Gasteiger partial charge in [0.1, 0.15) is 0 Å². The summed E-state index contributed by atoms with van der Waals surface area (Å²) in [5.74, 6) is 0. The van der Waals surface area contributed by atoms with Crippen molar-refractivity contribution in [3.05, 3.63) is 184 Å². The summed E-state index contributed by atoms with van der Waals surface area (Å²) in [6.07, 6.45) is 95.2. The molecule has 10 aromatic rings. The van der Waals surface area contributed by atoms with Crippen LogP contribution in [0.15, 0.2) is 84.9 Å². The maximum Gasteiger partial charge on any atom is 0.160 e. The molecular formula is C126H184O2S6. The minimum Gasteiger partial charge on any atom is -0.297 e. The second-order valence-corrected chi connectivity index (χ2v) is 48.6. The first-order valence-electron chi connectivity index (χ1n) is 57.3. The highest BCUT2D eigenvalue weighted by atomic mass is 32.1. The summed E-state index contributed by atoms with van der Waals surface area (Å²) in [5.41, 5.74) is 22.8. The van der Waals surface area contributed by atoms with Crippen LogP contribution in [0.1, 0.15) is 575 Å². The highest BCUT2D eigenvalue weighted by Gasteiger charge is 2.57. The molecule has 0 spiro atoms. The van der Waals surface area contributed by atoms with Gasteiger partial charge < -0.3 is 0 Å². The van der Waals surface area contributed by atoms with E-state index in [-0.39, 0.29) is 0 Å². The van der Waals surface area contributed by atoms with Crippen molar-refractivity contribution in [3.63, 3.8) is 0 Å². The van der Waals surface area contributed by atoms with E-state index in [0.29, 0.717) is 0 Å². The molecule has 0 saturated carbocycles. The number of unbranched alkanes of at least 4 members (excludes halogenated alkanes) is 56. The van der Waals surface area contributed by atoms with Gasteiger partial charge in [-0.3, -0.25) is 9.59 Å². The fourth-order valence-electron chi connectivity index (χ4n) is 23.4. The van der Waals surface area contributed by atoms with Crippen LogP contribution < -0.4 is 0 Å². The maximum absolute atomic E-state index is 13.8. The molecule has 0 aliphatic heterocycles. The number of carbonyl (C=O) groups is 2. The molecule has 6 heterocycles. The lowest BCUT2D eigenvalue weighted by molar-refractivity contribution is 0.111. The van der Waals surface area contributed by atoms with Gasteiger partial charge in [-0.1, -0.05) is 488 Å². The predicted molar refractivity (Wildman–Crippen MR) is 602 cm³/mol. The molecule has 0 atom stereocenters. The van der Waals surface area contributed by atoms with Crippen molar-refractivity contribution in [2.45, 2.75) is 529 Å². The lowest BCUT2D eigenvalue weighted by Gasteiger charge is -2.35. The van der Waals surface area contributed by atoms with Crippen molar-refractivity contribution in [1.82, 2.24) is 0 Å². The van der Waals surface area contributed by atoms with E-state index in [2.05, 4.69) is 163 Å². The number of benzene rings is 4. The molecule has 0 amide bonds. The normalized spacial score (nSPS) is 13.2. The van der Waals surface area contributed by atoms with Crippen LogP contribution in [0.3, 0.4) is 0 Å². The Morgan fingerprint density at radius 1 is 0.179 bits per heavy atom. The van der Waals surface area contributed by atoms with Gasteiger partial charge >= 0.3 is 0 Å². The second kappa shape index (κ2) is 60.5. The van der Waals surface area contributed by atoms with E-state index in [1.54, 1.807) is 33.8 Å². The van der Waals surface area contributed by atoms with Crippen molar-refractivity contribution >= 4 is 109 Å². The van der Waals surface area contributed by atoms with Crippen LogP contribution in [0.4, 0.5) is 0 Å². The summed E-state index contributed by atoms with van der Waals surface area (Å²) in [6, 6.07) is 38.0. The summed E-state index contributed by atoms with van der Waals surface area (Å²) >= 11 is 12.0. The molecule has 736 valence electrons. The first kappa shape index (κ1) is 108. The van der Waals surface area contributed by atoms with E-state index in [1.165, 1.54) is 549 Å². The van der Waals surface area contributed by atoms with Gasteiger partial charge in [-0.15, -0.1) is 68.0 Å². The minimum atomic E-state index is -0.699. The van der Waals surface area contributed by atoms with E-state index in [4.69, 9.17) is 0 Å². The van der Waals surface area contributed by atoms with Gasteiger partial charge in [-0.2, -0.15) is 0 Å². The number of aryl methyl sites for hydroxylation is 8. The van der Waals surface area contributed by atoms with Gasteiger partial charge in [0, 0.05) is 31.7 Å². The molecule has 2 nitrogen and oxygen atoms in total. The predicted octanol–water partition coefficient (Wildman–Crippen LogP) is 43.3. The van der Waals surface area contributed by atoms with Crippen molar-refractivity contribution in [3.8, 4) is 19.5 Å². The average Bonchev–Trinajstić information content (AvgIpc) is 1.48. The van der Waals surface area contributed by atoms with E-state index in [9.17, 15) is 9.59 Å². The van der Waals surface area contributed by atoms with Gasteiger partial charge in [0.2, 0.25) is 0 Å². The molecule has 0 N–H and O–H groups in total. The molecule has 0 radical (unpaired) electrons. The Hall–Kier alpha value is -4.80. The Morgan fingerprint density at radius 3 is 0.507 bits per heavy atom. The minimum absolute atomic E-state index is 0.699. The summed E-state index contributed by atoms with van der Waals surface area (Å²) in [5, 5.41) is 0. The van der Waals surface area contributed by atoms with Crippen LogP contribution in [0, 0.1) is 0 Å². The molecule has 0 fully saturated rings. The highest BCUT2D eigenvalue weighted by molar-refractivity contribution is 7.37. The Morgan fingerprint density at radius 2 is 0.336 bits per heavy atom. The van der Waals surface area contributed by atoms with E-state index < -0.39 is 10.8 Å². The molecular weight excluding hydrogens is 1740 g/mol. The fraction of sp³-hybridized carbons (Fsp3) is 0.651. The Labute approximate surface area is 843 Å². The third-order valence-corrected chi connectivity index (χ3v) is 38.5. The quantitative estimate of drug-likeness (QED) is 0.0281. The number of fused-ring (bicyclic) bond motifs is 13. The molecule has 0 saturated heterocycles. The zero-order valence-electron chi connectivity index (χ0n) is 86.4. The molecule has 2 aliphatic rings. The van der Waals surface area contributed by atoms with Crippen molar-refractivity contribution < 1.29 is 9.59 Å². The summed E-state index contributed by atoms with van der Waals surface area (Å²) in [6.45, 7) is 18.8. The molecule has 12 rings (SSSR count). The van der Waals surface area contributed by atoms with Crippen LogP contribution in [-0.2, 0) is 62.2 Å². The number of carbonyl (C=O) groups excluding carboxylic acids is 2. The fourth-order valence-corrected chi connectivity index (χ4v) is 31.9. The monoisotopic (exact) mass is 1920 g/mol. The molecule has 2 aliphatic carbocycles. The SMILES string of the molecule is CCCCCCCCCCc1cc(CCCCCCCCCC)cc(C2(c3cc(CCCCCCCCCC)cc(CCCCCCCCCC)c3)c3c(sc4cc(C=O)sc34)-c3sc4c5c(sc4c32)-c2sc3cc(C=O)sc3c2C5(c2cc(CCCCCCCCCC)cc(CCCCCCCCCC)c2)c2cc(CCCCCCCCCC)cc(CCCCCCCCCC)c2)c1. The third kappa shape index (κ3) is 30.2. The largest absolute Gasteiger partial charge is 0.297 e. The van der Waals surface area contributed by atoms with Gasteiger partial charge in [-0.05, 0) is 182 Å². The van der Waals surface area contributed by atoms with Crippen molar-refractivity contribution in [2.24, 2.45) is 0 Å². The number of aldehydes is 2. The molecule has 4 aromatic carbocycles. The third-order valence-electron chi connectivity index (χ3n) is 30.9. The number of rotatable bonds is 78. The van der Waals surface area contributed by atoms with Crippen molar-refractivity contribution in [1.29, 1.82) is 0 Å². The maximum atomic E-state index is 13.8. The number of hydrogen-bond acceptors (Lipinski definition) is 8. The molecule has 0 bridgehead atoms. The zero-order chi connectivity index (χ0) is 93.6. The summed E-state index contributed by atoms with van der Waals surface area (Å²) in [4.78, 5) is 35.1. The molecule has 0 unspecified atom stereocenters. The smallest absolute Gasteiger partial charge is 0.160 e. The second-order valence-electron chi connectivity index (χ2n) is 42.3. The van der Waals surface area contributed by atoms with Crippen LogP contribution in [0.2, 0.25) is 0 Å². The van der Waals surface area contributed by atoms with Crippen LogP contribution in [0.25, 0.3) is 47.7 Å². The summed E-state index contributed by atoms with van der Waals surface area (Å²) < 4.78 is 8.22. The topological polar surface area (TPSA) is 34.1 Å². The first-order chi connectivity index (χ1) is 66.1. The number of hydrogen-bond donors (Lipinski definition) is 0. The Kier molecular flexibility index (Phi) is 48.8. The number of thiophene rings is 6. The van der Waals surface area contributed by atoms with Crippen molar-refractivity contribution in [2.75, 3.05) is 0 Å². The van der Waals surface area contributed by atoms with Gasteiger partial charge in [-0.25, -0.2) is 0 Å². The van der Waals surface area contributed by atoms with Crippen LogP contribution in [-0.4, -0.2) is 12.6 Å². The van der Waals surface area contributed by atoms with E-state index in [1.807, 2.05) is 22.7 Å². The van der Waals surface area contributed by atoms with Gasteiger partial charge in [0.25, 0.3) is 0 Å². The van der Waals surface area contributed by atoms with E-state index >= 15 is 0 Å². The van der Waals surface area contributed by atoms with Gasteiger partial charge in [0.15, 0.2) is 12.6 Å². The standard InChI is InChI=1S/C126H184O2S6/c1-9-17-25-33-41-49-57-65-73-97-81-98(74-66-58-50-42-34-26-18-10-2)86-105(85-97)125(106-87-99(75-67-59-51-43-35-27-19-11-3)82-100(88-106)76-68-60-52-44-36-28-20-12-4)113-117-111(93-109(95-127)129-117)131-119(113)121-115(125)123-124(133-121)116-122(134-123)120-114(118-112(132-120)94-110(96-128)130-118)126(116,107-89-101(77-69-61-53-45-37-29-21-13-5)83-102(90-107)78-70-62-54-46-38-30-22-14-6)108-91-103(79-71-63-55-47-39-31-23-15-7)84-104(92-108)80-72-64-56-48-40-32-24-16-8/h81-96H,9-80H2,1-8H3. The lowest BCUT2D eigenvalue weighted by atomic mass is 9.65. The summed E-state index contributed by atoms with van der Waals surface area (Å²) in [7, 11) is 0. The highest BCUT2D eigenvalue weighted by Crippen LogP contribution is 2.73. The first-order valence-corrected chi connectivity index (χ1v) is 62.2. The van der Waals surface area contributed by atoms with Gasteiger partial charge in [0.05, 0.1) is 58.9 Å². The lowest BCUT2D eigenvalue weighted by Crippen LogP contribution is -2.30. The Balaban J connectivity index is 1.16. The average molecular weight is 1920 g/mol. The molecule has 134 heavy (non-hydrogen) atoms.